The van der Waals surface area contributed by atoms with Crippen LogP contribution < -0.4 is 15.7 Å². The summed E-state index contributed by atoms with van der Waals surface area (Å²) in [5.41, 5.74) is 10.4. The fraction of sp³-hybridized carbons (Fsp3) is 0.558. The van der Waals surface area contributed by atoms with Crippen molar-refractivity contribution >= 4 is 26.0 Å². The molecule has 0 bridgehead atoms. The Kier molecular flexibility index (Phi) is 18.4. The molecule has 14 heteroatoms. The van der Waals surface area contributed by atoms with Crippen molar-refractivity contribution in [3.63, 3.8) is 0 Å². The second-order valence-corrected chi connectivity index (χ2v) is 16.4. The predicted octanol–water partition coefficient (Wildman–Crippen LogP) is 10.9. The third-order valence-electron chi connectivity index (χ3n) is 10.3. The van der Waals surface area contributed by atoms with Crippen LogP contribution in [0.4, 0.5) is 4.39 Å². The Hall–Kier alpha value is -3.74. The van der Waals surface area contributed by atoms with Gasteiger partial charge in [0.25, 0.3) is 0 Å². The van der Waals surface area contributed by atoms with E-state index >= 15 is 0 Å². The second-order valence-electron chi connectivity index (χ2n) is 14.8. The van der Waals surface area contributed by atoms with Crippen molar-refractivity contribution in [2.24, 2.45) is 10.7 Å². The number of amidine groups is 1. The topological polar surface area (TPSA) is 149 Å². The van der Waals surface area contributed by atoms with Gasteiger partial charge in [-0.3, -0.25) is 13.7 Å². The third kappa shape index (κ3) is 14.0. The number of rotatable bonds is 26. The first kappa shape index (κ1) is 44.4. The maximum Gasteiger partial charge on any atom is 0.397 e. The SMILES string of the molecule is CCCCCCCCCCCCCCCC(COP(OCC1(C#N)CCC(c2ccc3n2NCN=C3N)O1)Oc1ccccc1Cl)OCc1cc(F)cc(C#N)c1. The molecular formula is C43H57ClFN6O5P. The first-order chi connectivity index (χ1) is 27.8. The van der Waals surface area contributed by atoms with Gasteiger partial charge in [0.15, 0.2) is 5.60 Å². The normalized spacial score (nSPS) is 18.5. The van der Waals surface area contributed by atoms with Crippen LogP contribution in [-0.4, -0.2) is 42.1 Å². The number of aliphatic imine (C=N–C) groups is 1. The molecule has 3 aromatic rings. The molecule has 0 saturated carbocycles. The summed E-state index contributed by atoms with van der Waals surface area (Å²) in [5, 5.41) is 20.1. The van der Waals surface area contributed by atoms with E-state index in [-0.39, 0.29) is 37.6 Å². The highest BCUT2D eigenvalue weighted by Crippen LogP contribution is 2.47. The zero-order valence-electron chi connectivity index (χ0n) is 33.1. The minimum atomic E-state index is -2.08. The van der Waals surface area contributed by atoms with Crippen LogP contribution in [0.25, 0.3) is 0 Å². The van der Waals surface area contributed by atoms with Crippen LogP contribution in [-0.2, 0) is 25.1 Å². The summed E-state index contributed by atoms with van der Waals surface area (Å²) in [6.07, 6.45) is 17.2. The van der Waals surface area contributed by atoms with Gasteiger partial charge in [0.05, 0.1) is 48.3 Å². The Labute approximate surface area is 343 Å². The summed E-state index contributed by atoms with van der Waals surface area (Å²) >= 11 is 6.47. The van der Waals surface area contributed by atoms with E-state index in [1.807, 2.05) is 22.9 Å². The molecular weight excluding hydrogens is 766 g/mol. The van der Waals surface area contributed by atoms with Crippen LogP contribution >= 0.6 is 20.2 Å². The van der Waals surface area contributed by atoms with Gasteiger partial charge in [-0.25, -0.2) is 9.38 Å². The molecule has 4 atom stereocenters. The number of fused-ring (bicyclic) bond motifs is 1. The Bertz CT molecular complexity index is 1820. The lowest BCUT2D eigenvalue weighted by atomic mass is 10.0. The summed E-state index contributed by atoms with van der Waals surface area (Å²) in [5.74, 6) is 0.326. The lowest BCUT2D eigenvalue weighted by Gasteiger charge is -2.26. The number of aromatic nitrogens is 1. The number of hydrogen-bond donors (Lipinski definition) is 2. The molecule has 308 valence electrons. The van der Waals surface area contributed by atoms with E-state index in [0.717, 1.165) is 30.7 Å². The van der Waals surface area contributed by atoms with Crippen LogP contribution in [0.3, 0.4) is 0 Å². The number of unbranched alkanes of at least 4 members (excludes halogenated alkanes) is 12. The number of para-hydroxylation sites is 1. The zero-order chi connectivity index (χ0) is 40.3. The molecule has 1 aromatic heterocycles. The minimum Gasteiger partial charge on any atom is -0.425 e. The summed E-state index contributed by atoms with van der Waals surface area (Å²) in [6.45, 7) is 2.71. The molecule has 2 aliphatic rings. The average Bonchev–Trinajstić information content (AvgIpc) is 3.85. The summed E-state index contributed by atoms with van der Waals surface area (Å²) in [4.78, 5) is 4.24. The van der Waals surface area contributed by atoms with Gasteiger partial charge in [0.1, 0.15) is 41.9 Å². The number of ether oxygens (including phenoxy) is 2. The van der Waals surface area contributed by atoms with Crippen molar-refractivity contribution in [3.05, 3.63) is 88.0 Å². The predicted molar refractivity (Wildman–Crippen MR) is 222 cm³/mol. The third-order valence-corrected chi connectivity index (χ3v) is 11.7. The van der Waals surface area contributed by atoms with Gasteiger partial charge in [-0.2, -0.15) is 10.5 Å². The summed E-state index contributed by atoms with van der Waals surface area (Å²) < 4.78 is 47.6. The standard InChI is InChI=1S/C43H57ClFN6O5P/c1-2-3-4-5-6-7-8-9-10-11-12-13-14-17-36(52-28-34-24-33(27-46)25-35(45)26-34)29-53-57(56-40-19-16-15-18-37(40)44)54-31-43(30-47)23-22-41(55-43)38-20-21-39-42(48)49-32-50-51(38)39/h15-16,18-21,24-26,36,41,50H,2-14,17,22-23,28-29,31-32H2,1H3,(H2,48,49). The largest absolute Gasteiger partial charge is 0.425 e. The van der Waals surface area contributed by atoms with E-state index in [1.54, 1.807) is 30.3 Å². The fourth-order valence-electron chi connectivity index (χ4n) is 7.14. The Morgan fingerprint density at radius 2 is 1.72 bits per heavy atom. The number of benzene rings is 2. The Morgan fingerprint density at radius 3 is 2.42 bits per heavy atom. The van der Waals surface area contributed by atoms with Crippen LogP contribution in [0.2, 0.25) is 5.02 Å². The van der Waals surface area contributed by atoms with E-state index in [1.165, 1.54) is 76.3 Å². The van der Waals surface area contributed by atoms with Crippen molar-refractivity contribution in [1.82, 2.24) is 4.68 Å². The average molecular weight is 823 g/mol. The monoisotopic (exact) mass is 822 g/mol. The summed E-state index contributed by atoms with van der Waals surface area (Å²) in [7, 11) is -2.08. The van der Waals surface area contributed by atoms with E-state index in [2.05, 4.69) is 23.4 Å². The lowest BCUT2D eigenvalue weighted by Crippen LogP contribution is -2.34. The van der Waals surface area contributed by atoms with Gasteiger partial charge in [-0.05, 0) is 67.3 Å². The number of nitriles is 2. The Balaban J connectivity index is 1.18. The van der Waals surface area contributed by atoms with Gasteiger partial charge in [-0.1, -0.05) is 114 Å². The van der Waals surface area contributed by atoms with Gasteiger partial charge < -0.3 is 25.2 Å². The first-order valence-corrected chi connectivity index (χ1v) is 21.9. The molecule has 0 amide bonds. The number of nitrogens with one attached hydrogen (secondary N) is 1. The second kappa shape index (κ2) is 23.6. The quantitative estimate of drug-likeness (QED) is 0.0596. The molecule has 5 rings (SSSR count). The fourth-order valence-corrected chi connectivity index (χ4v) is 8.47. The molecule has 3 N–H and O–H groups in total. The van der Waals surface area contributed by atoms with Crippen LogP contribution in [0.1, 0.15) is 138 Å². The number of hydrogen-bond acceptors (Lipinski definition) is 10. The van der Waals surface area contributed by atoms with Gasteiger partial charge in [0.2, 0.25) is 0 Å². The molecule has 0 aliphatic carbocycles. The molecule has 2 aliphatic heterocycles. The Morgan fingerprint density at radius 1 is 1.00 bits per heavy atom. The molecule has 0 radical (unpaired) electrons. The smallest absolute Gasteiger partial charge is 0.397 e. The molecule has 57 heavy (non-hydrogen) atoms. The van der Waals surface area contributed by atoms with Crippen LogP contribution in [0.15, 0.2) is 59.6 Å². The first-order valence-electron chi connectivity index (χ1n) is 20.5. The van der Waals surface area contributed by atoms with Crippen molar-refractivity contribution in [2.45, 2.75) is 134 Å². The van der Waals surface area contributed by atoms with Gasteiger partial charge in [0, 0.05) is 0 Å². The lowest BCUT2D eigenvalue weighted by molar-refractivity contribution is -0.0392. The van der Waals surface area contributed by atoms with Crippen LogP contribution in [0.5, 0.6) is 5.75 Å². The molecule has 1 fully saturated rings. The van der Waals surface area contributed by atoms with Gasteiger partial charge in [-0.15, -0.1) is 0 Å². The molecule has 2 aromatic carbocycles. The zero-order valence-corrected chi connectivity index (χ0v) is 34.8. The maximum atomic E-state index is 14.3. The van der Waals surface area contributed by atoms with Crippen molar-refractivity contribution < 1.29 is 27.4 Å². The number of halogens is 2. The summed E-state index contributed by atoms with van der Waals surface area (Å²) in [6, 6.07) is 19.4. The molecule has 1 saturated heterocycles. The van der Waals surface area contributed by atoms with Crippen molar-refractivity contribution in [1.29, 1.82) is 10.5 Å². The highest BCUT2D eigenvalue weighted by atomic mass is 35.5. The van der Waals surface area contributed by atoms with E-state index in [4.69, 9.17) is 40.4 Å². The highest BCUT2D eigenvalue weighted by molar-refractivity contribution is 7.42. The van der Waals surface area contributed by atoms with E-state index < -0.39 is 20.0 Å². The van der Waals surface area contributed by atoms with E-state index in [9.17, 15) is 14.9 Å². The van der Waals surface area contributed by atoms with Crippen LogP contribution in [0, 0.1) is 28.5 Å². The van der Waals surface area contributed by atoms with Crippen molar-refractivity contribution in [3.8, 4) is 17.9 Å². The molecule has 4 unspecified atom stereocenters. The molecule has 3 heterocycles. The maximum absolute atomic E-state index is 14.3. The number of nitrogens with zero attached hydrogens (tertiary/aromatic N) is 4. The molecule has 11 nitrogen and oxygen atoms in total. The van der Waals surface area contributed by atoms with Gasteiger partial charge >= 0.3 is 8.60 Å². The van der Waals surface area contributed by atoms with Crippen molar-refractivity contribution in [2.75, 3.05) is 25.3 Å². The minimum absolute atomic E-state index is 0.103. The highest BCUT2D eigenvalue weighted by Gasteiger charge is 2.44. The van der Waals surface area contributed by atoms with E-state index in [0.29, 0.717) is 48.1 Å². The molecule has 0 spiro atoms. The number of nitrogens with two attached hydrogens (primary N) is 1.